The second-order valence-electron chi connectivity index (χ2n) is 5.73. The molecule has 1 aromatic carbocycles. The minimum atomic E-state index is 0.441. The van der Waals surface area contributed by atoms with E-state index in [2.05, 4.69) is 51.3 Å². The van der Waals surface area contributed by atoms with Crippen LogP contribution in [0.5, 0.6) is 0 Å². The van der Waals surface area contributed by atoms with Crippen LogP contribution in [0.3, 0.4) is 0 Å². The third-order valence-electron chi connectivity index (χ3n) is 3.62. The van der Waals surface area contributed by atoms with Crippen molar-refractivity contribution >= 4 is 0 Å². The first-order chi connectivity index (χ1) is 11.7. The first kappa shape index (κ1) is 16.3. The molecule has 124 valence electrons. The molecule has 0 unspecified atom stereocenters. The molecule has 0 spiro atoms. The van der Waals surface area contributed by atoms with Crippen molar-refractivity contribution in [2.75, 3.05) is 14.2 Å². The Labute approximate surface area is 141 Å². The largest absolute Gasteiger partial charge is 0.377 e. The van der Waals surface area contributed by atoms with Crippen LogP contribution in [0.4, 0.5) is 0 Å². The maximum Gasteiger partial charge on any atom is 0.153 e. The summed E-state index contributed by atoms with van der Waals surface area (Å²) in [5, 5.41) is 4.27. The Kier molecular flexibility index (Phi) is 5.30. The maximum absolute atomic E-state index is 5.03. The standard InChI is InChI=1S/C18H21N5O/c1-22(13-16-10-19-18(14-24-2)20-11-16)12-15-5-3-6-17(9-15)23-8-4-7-21-23/h3-11H,12-14H2,1-2H3. The van der Waals surface area contributed by atoms with Crippen molar-refractivity contribution in [1.29, 1.82) is 0 Å². The average molecular weight is 323 g/mol. The molecule has 0 aliphatic rings. The molecule has 24 heavy (non-hydrogen) atoms. The quantitative estimate of drug-likeness (QED) is 0.668. The van der Waals surface area contributed by atoms with E-state index >= 15 is 0 Å². The monoisotopic (exact) mass is 323 g/mol. The number of nitrogens with zero attached hydrogens (tertiary/aromatic N) is 5. The van der Waals surface area contributed by atoms with E-state index in [0.717, 1.165) is 24.3 Å². The van der Waals surface area contributed by atoms with Gasteiger partial charge in [0.05, 0.1) is 5.69 Å². The van der Waals surface area contributed by atoms with Crippen LogP contribution >= 0.6 is 0 Å². The average Bonchev–Trinajstić information content (AvgIpc) is 3.12. The molecule has 0 aliphatic heterocycles. The number of rotatable bonds is 7. The van der Waals surface area contributed by atoms with E-state index in [4.69, 9.17) is 4.74 Å². The second kappa shape index (κ2) is 7.81. The van der Waals surface area contributed by atoms with Gasteiger partial charge in [0.1, 0.15) is 6.61 Å². The van der Waals surface area contributed by atoms with E-state index in [1.807, 2.05) is 29.3 Å². The Morgan fingerprint density at radius 2 is 1.88 bits per heavy atom. The lowest BCUT2D eigenvalue weighted by Gasteiger charge is -2.17. The molecule has 0 saturated carbocycles. The van der Waals surface area contributed by atoms with Gasteiger partial charge in [-0.3, -0.25) is 4.90 Å². The molecule has 0 radical (unpaired) electrons. The topological polar surface area (TPSA) is 56.1 Å². The minimum absolute atomic E-state index is 0.441. The van der Waals surface area contributed by atoms with Crippen molar-refractivity contribution in [3.8, 4) is 5.69 Å². The van der Waals surface area contributed by atoms with Crippen LogP contribution in [-0.4, -0.2) is 38.8 Å². The van der Waals surface area contributed by atoms with Gasteiger partial charge in [0.15, 0.2) is 5.82 Å². The Morgan fingerprint density at radius 3 is 2.58 bits per heavy atom. The summed E-state index contributed by atoms with van der Waals surface area (Å²) in [5.74, 6) is 0.704. The van der Waals surface area contributed by atoms with E-state index < -0.39 is 0 Å². The number of aromatic nitrogens is 4. The zero-order valence-corrected chi connectivity index (χ0v) is 14.0. The van der Waals surface area contributed by atoms with Crippen LogP contribution in [-0.2, 0) is 24.4 Å². The van der Waals surface area contributed by atoms with E-state index in [-0.39, 0.29) is 0 Å². The highest BCUT2D eigenvalue weighted by Crippen LogP contribution is 2.12. The van der Waals surface area contributed by atoms with Gasteiger partial charge in [-0.05, 0) is 30.8 Å². The van der Waals surface area contributed by atoms with Gasteiger partial charge < -0.3 is 4.74 Å². The van der Waals surface area contributed by atoms with Crippen LogP contribution in [0.25, 0.3) is 5.69 Å². The van der Waals surface area contributed by atoms with Gasteiger partial charge in [-0.25, -0.2) is 14.6 Å². The third-order valence-corrected chi connectivity index (χ3v) is 3.62. The van der Waals surface area contributed by atoms with Crippen molar-refractivity contribution in [3.05, 3.63) is 72.1 Å². The van der Waals surface area contributed by atoms with Gasteiger partial charge in [0.2, 0.25) is 0 Å². The van der Waals surface area contributed by atoms with E-state index in [9.17, 15) is 0 Å². The van der Waals surface area contributed by atoms with Gasteiger partial charge in [-0.2, -0.15) is 5.10 Å². The molecule has 0 N–H and O–H groups in total. The molecule has 0 saturated heterocycles. The van der Waals surface area contributed by atoms with Gasteiger partial charge in [0, 0.05) is 50.6 Å². The zero-order valence-electron chi connectivity index (χ0n) is 14.0. The lowest BCUT2D eigenvalue weighted by Crippen LogP contribution is -2.18. The summed E-state index contributed by atoms with van der Waals surface area (Å²) in [7, 11) is 3.73. The SMILES string of the molecule is COCc1ncc(CN(C)Cc2cccc(-n3cccn3)c2)cn1. The van der Waals surface area contributed by atoms with Crippen LogP contribution in [0, 0.1) is 0 Å². The van der Waals surface area contributed by atoms with Gasteiger partial charge in [0.25, 0.3) is 0 Å². The Hall–Kier alpha value is -2.57. The highest BCUT2D eigenvalue weighted by Gasteiger charge is 2.05. The third kappa shape index (κ3) is 4.24. The highest BCUT2D eigenvalue weighted by molar-refractivity contribution is 5.35. The van der Waals surface area contributed by atoms with Crippen molar-refractivity contribution in [1.82, 2.24) is 24.6 Å². The molecule has 6 nitrogen and oxygen atoms in total. The van der Waals surface area contributed by atoms with Crippen LogP contribution in [0.1, 0.15) is 17.0 Å². The summed E-state index contributed by atoms with van der Waals surface area (Å²) in [4.78, 5) is 10.8. The summed E-state index contributed by atoms with van der Waals surface area (Å²) < 4.78 is 6.89. The smallest absolute Gasteiger partial charge is 0.153 e. The molecule has 3 rings (SSSR count). The first-order valence-corrected chi connectivity index (χ1v) is 7.81. The normalized spacial score (nSPS) is 11.1. The lowest BCUT2D eigenvalue weighted by molar-refractivity contribution is 0.177. The molecule has 2 aromatic heterocycles. The van der Waals surface area contributed by atoms with Crippen molar-refractivity contribution in [2.45, 2.75) is 19.7 Å². The van der Waals surface area contributed by atoms with Crippen molar-refractivity contribution in [3.63, 3.8) is 0 Å². The zero-order chi connectivity index (χ0) is 16.8. The van der Waals surface area contributed by atoms with Crippen molar-refractivity contribution < 1.29 is 4.74 Å². The van der Waals surface area contributed by atoms with E-state index in [1.54, 1.807) is 13.3 Å². The number of methoxy groups -OCH3 is 1. The summed E-state index contributed by atoms with van der Waals surface area (Å²) in [6.45, 7) is 2.07. The predicted molar refractivity (Wildman–Crippen MR) is 91.5 cm³/mol. The first-order valence-electron chi connectivity index (χ1n) is 7.81. The fourth-order valence-electron chi connectivity index (χ4n) is 2.56. The van der Waals surface area contributed by atoms with Gasteiger partial charge >= 0.3 is 0 Å². The number of benzene rings is 1. The molecule has 0 fully saturated rings. The number of hydrogen-bond acceptors (Lipinski definition) is 5. The predicted octanol–water partition coefficient (Wildman–Crippen LogP) is 2.44. The number of ether oxygens (including phenoxy) is 1. The van der Waals surface area contributed by atoms with Crippen molar-refractivity contribution in [2.24, 2.45) is 0 Å². The molecule has 3 aromatic rings. The maximum atomic E-state index is 5.03. The fraction of sp³-hybridized carbons (Fsp3) is 0.278. The van der Waals surface area contributed by atoms with E-state index in [0.29, 0.717) is 12.4 Å². The lowest BCUT2D eigenvalue weighted by atomic mass is 10.2. The summed E-state index contributed by atoms with van der Waals surface area (Å²) in [6.07, 6.45) is 7.45. The Bertz CT molecular complexity index is 755. The van der Waals surface area contributed by atoms with Crippen LogP contribution < -0.4 is 0 Å². The molecular weight excluding hydrogens is 302 g/mol. The molecule has 0 bridgehead atoms. The van der Waals surface area contributed by atoms with Gasteiger partial charge in [-0.15, -0.1) is 0 Å². The summed E-state index contributed by atoms with van der Waals surface area (Å²) >= 11 is 0. The minimum Gasteiger partial charge on any atom is -0.377 e. The number of hydrogen-bond donors (Lipinski definition) is 0. The fourth-order valence-corrected chi connectivity index (χ4v) is 2.56. The molecule has 0 amide bonds. The molecular formula is C18H21N5O. The van der Waals surface area contributed by atoms with Crippen LogP contribution in [0.2, 0.25) is 0 Å². The van der Waals surface area contributed by atoms with Crippen LogP contribution in [0.15, 0.2) is 55.1 Å². The molecule has 6 heteroatoms. The molecule has 2 heterocycles. The van der Waals surface area contributed by atoms with Gasteiger partial charge in [-0.1, -0.05) is 12.1 Å². The molecule has 0 atom stereocenters. The summed E-state index contributed by atoms with van der Waals surface area (Å²) in [6, 6.07) is 10.3. The highest BCUT2D eigenvalue weighted by atomic mass is 16.5. The summed E-state index contributed by atoms with van der Waals surface area (Å²) in [5.41, 5.74) is 3.39. The van der Waals surface area contributed by atoms with E-state index in [1.165, 1.54) is 5.56 Å². The second-order valence-corrected chi connectivity index (χ2v) is 5.73. The Balaban J connectivity index is 1.62. The Morgan fingerprint density at radius 1 is 1.08 bits per heavy atom. The molecule has 0 aliphatic carbocycles.